The third-order valence-electron chi connectivity index (χ3n) is 6.17. The number of anilines is 1. The third kappa shape index (κ3) is 5.31. The Hall–Kier alpha value is -2.74. The lowest BCUT2D eigenvalue weighted by Gasteiger charge is -2.34. The van der Waals surface area contributed by atoms with Crippen molar-refractivity contribution in [3.63, 3.8) is 0 Å². The van der Waals surface area contributed by atoms with Crippen LogP contribution in [-0.2, 0) is 16.1 Å². The Morgan fingerprint density at radius 2 is 1.84 bits per heavy atom. The average molecular weight is 425 g/mol. The van der Waals surface area contributed by atoms with Crippen LogP contribution in [0.3, 0.4) is 0 Å². The number of hydrogen-bond acceptors (Lipinski definition) is 6. The molecule has 3 N–H and O–H groups in total. The summed E-state index contributed by atoms with van der Waals surface area (Å²) in [6.07, 6.45) is 3.11. The van der Waals surface area contributed by atoms with E-state index in [9.17, 15) is 9.59 Å². The van der Waals surface area contributed by atoms with Crippen LogP contribution in [0.15, 0.2) is 24.3 Å². The fraction of sp³-hybridized carbons (Fsp3) is 0.565. The number of amides is 2. The molecule has 2 fully saturated rings. The maximum absolute atomic E-state index is 12.4. The summed E-state index contributed by atoms with van der Waals surface area (Å²) in [6.45, 7) is 7.64. The Labute approximate surface area is 183 Å². The molecule has 2 heterocycles. The van der Waals surface area contributed by atoms with E-state index in [0.29, 0.717) is 36.4 Å². The number of carbonyl (C=O) groups is 2. The number of nitrogens with two attached hydrogens (primary N) is 1. The molecule has 1 atom stereocenters. The van der Waals surface area contributed by atoms with Gasteiger partial charge in [-0.05, 0) is 36.8 Å². The maximum atomic E-state index is 12.4. The minimum absolute atomic E-state index is 0.0379. The van der Waals surface area contributed by atoms with E-state index in [1.165, 1.54) is 12.8 Å². The van der Waals surface area contributed by atoms with E-state index in [0.717, 1.165) is 37.1 Å². The van der Waals surface area contributed by atoms with E-state index in [-0.39, 0.29) is 5.92 Å². The Morgan fingerprint density at radius 3 is 2.48 bits per heavy atom. The highest BCUT2D eigenvalue weighted by Gasteiger charge is 2.29. The lowest BCUT2D eigenvalue weighted by atomic mass is 10.0. The van der Waals surface area contributed by atoms with Crippen molar-refractivity contribution < 1.29 is 9.59 Å². The van der Waals surface area contributed by atoms with Crippen LogP contribution in [-0.4, -0.2) is 63.8 Å². The molecule has 1 aromatic carbocycles. The number of hydrogen-bond donors (Lipinski definition) is 2. The Bertz CT molecular complexity index is 950. The SMILES string of the molecule is CC(C)[C@H](Nc1nc(CN2CCN(C(=O)CC3CC3)CC2)nc2ccccc12)C(N)=O. The van der Waals surface area contributed by atoms with Crippen molar-refractivity contribution in [3.8, 4) is 0 Å². The van der Waals surface area contributed by atoms with E-state index in [1.807, 2.05) is 43.0 Å². The van der Waals surface area contributed by atoms with Crippen molar-refractivity contribution >= 4 is 28.5 Å². The van der Waals surface area contributed by atoms with E-state index in [2.05, 4.69) is 10.2 Å². The van der Waals surface area contributed by atoms with Crippen molar-refractivity contribution in [2.45, 2.75) is 45.7 Å². The van der Waals surface area contributed by atoms with Crippen molar-refractivity contribution in [1.29, 1.82) is 0 Å². The highest BCUT2D eigenvalue weighted by Crippen LogP contribution is 2.33. The van der Waals surface area contributed by atoms with E-state index < -0.39 is 11.9 Å². The lowest BCUT2D eigenvalue weighted by molar-refractivity contribution is -0.133. The normalized spacial score (nSPS) is 18.4. The molecule has 0 bridgehead atoms. The monoisotopic (exact) mass is 424 g/mol. The number of nitrogens with zero attached hydrogens (tertiary/aromatic N) is 4. The molecule has 8 heteroatoms. The number of carbonyl (C=O) groups excluding carboxylic acids is 2. The van der Waals surface area contributed by atoms with Crippen molar-refractivity contribution in [1.82, 2.24) is 19.8 Å². The van der Waals surface area contributed by atoms with Crippen molar-refractivity contribution in [2.24, 2.45) is 17.6 Å². The molecule has 31 heavy (non-hydrogen) atoms. The van der Waals surface area contributed by atoms with Gasteiger partial charge in [0.1, 0.15) is 17.7 Å². The number of piperazine rings is 1. The molecule has 2 amide bonds. The quantitative estimate of drug-likeness (QED) is 0.672. The molecule has 0 radical (unpaired) electrons. The molecular formula is C23H32N6O2. The number of aromatic nitrogens is 2. The predicted octanol–water partition coefficient (Wildman–Crippen LogP) is 2.00. The van der Waals surface area contributed by atoms with Gasteiger partial charge >= 0.3 is 0 Å². The molecule has 4 rings (SSSR count). The number of nitrogens with one attached hydrogen (secondary N) is 1. The molecule has 166 valence electrons. The predicted molar refractivity (Wildman–Crippen MR) is 120 cm³/mol. The molecule has 1 aliphatic carbocycles. The number of para-hydroxylation sites is 1. The molecule has 0 unspecified atom stereocenters. The largest absolute Gasteiger partial charge is 0.368 e. The second-order valence-electron chi connectivity index (χ2n) is 9.08. The maximum Gasteiger partial charge on any atom is 0.240 e. The zero-order valence-electron chi connectivity index (χ0n) is 18.4. The summed E-state index contributed by atoms with van der Waals surface area (Å²) in [5.41, 5.74) is 6.44. The summed E-state index contributed by atoms with van der Waals surface area (Å²) in [5, 5.41) is 4.12. The molecule has 2 aliphatic rings. The summed E-state index contributed by atoms with van der Waals surface area (Å²) < 4.78 is 0. The van der Waals surface area contributed by atoms with Crippen LogP contribution in [0.4, 0.5) is 5.82 Å². The number of primary amides is 1. The first-order valence-electron chi connectivity index (χ1n) is 11.2. The summed E-state index contributed by atoms with van der Waals surface area (Å²) in [4.78, 5) is 38.0. The molecular weight excluding hydrogens is 392 g/mol. The number of benzene rings is 1. The van der Waals surface area contributed by atoms with E-state index in [4.69, 9.17) is 15.7 Å². The van der Waals surface area contributed by atoms with Gasteiger partial charge in [-0.3, -0.25) is 14.5 Å². The first-order valence-corrected chi connectivity index (χ1v) is 11.2. The first-order chi connectivity index (χ1) is 14.9. The van der Waals surface area contributed by atoms with Crippen LogP contribution in [0.1, 0.15) is 38.9 Å². The second-order valence-corrected chi connectivity index (χ2v) is 9.08. The average Bonchev–Trinajstić information content (AvgIpc) is 3.56. The van der Waals surface area contributed by atoms with Crippen molar-refractivity contribution in [2.75, 3.05) is 31.5 Å². The van der Waals surface area contributed by atoms with E-state index >= 15 is 0 Å². The molecule has 1 aliphatic heterocycles. The Morgan fingerprint density at radius 1 is 1.13 bits per heavy atom. The first kappa shape index (κ1) is 21.5. The summed E-state index contributed by atoms with van der Waals surface area (Å²) in [5.74, 6) is 1.89. The van der Waals surface area contributed by atoms with E-state index in [1.54, 1.807) is 0 Å². The molecule has 2 aromatic rings. The van der Waals surface area contributed by atoms with Gasteiger partial charge in [0, 0.05) is 38.0 Å². The molecule has 1 saturated carbocycles. The minimum Gasteiger partial charge on any atom is -0.368 e. The molecule has 1 saturated heterocycles. The van der Waals surface area contributed by atoms with Crippen LogP contribution in [0.2, 0.25) is 0 Å². The van der Waals surface area contributed by atoms with Gasteiger partial charge in [0.25, 0.3) is 0 Å². The lowest BCUT2D eigenvalue weighted by Crippen LogP contribution is -2.48. The zero-order valence-corrected chi connectivity index (χ0v) is 18.4. The highest BCUT2D eigenvalue weighted by atomic mass is 16.2. The van der Waals surface area contributed by atoms with Crippen LogP contribution in [0.5, 0.6) is 0 Å². The zero-order chi connectivity index (χ0) is 22.0. The van der Waals surface area contributed by atoms with Gasteiger partial charge in [-0.25, -0.2) is 9.97 Å². The standard InChI is InChI=1S/C23H32N6O2/c1-15(2)21(22(24)31)27-23-17-5-3-4-6-18(17)25-19(26-23)14-28-9-11-29(12-10-28)20(30)13-16-7-8-16/h3-6,15-16,21H,7-14H2,1-2H3,(H2,24,31)(H,25,26,27)/t21-/m0/s1. The van der Waals surface area contributed by atoms with Crippen LogP contribution >= 0.6 is 0 Å². The third-order valence-corrected chi connectivity index (χ3v) is 6.17. The van der Waals surface area contributed by atoms with Gasteiger partial charge in [0.2, 0.25) is 11.8 Å². The summed E-state index contributed by atoms with van der Waals surface area (Å²) in [7, 11) is 0. The molecule has 0 spiro atoms. The van der Waals surface area contributed by atoms with Crippen LogP contribution in [0, 0.1) is 11.8 Å². The smallest absolute Gasteiger partial charge is 0.240 e. The Kier molecular flexibility index (Phi) is 6.36. The Balaban J connectivity index is 1.46. The molecule has 8 nitrogen and oxygen atoms in total. The number of fused-ring (bicyclic) bond motifs is 1. The van der Waals surface area contributed by atoms with Gasteiger partial charge in [-0.15, -0.1) is 0 Å². The van der Waals surface area contributed by atoms with Gasteiger partial charge < -0.3 is 16.0 Å². The highest BCUT2D eigenvalue weighted by molar-refractivity contribution is 5.91. The van der Waals surface area contributed by atoms with Gasteiger partial charge in [0.15, 0.2) is 0 Å². The minimum atomic E-state index is -0.507. The molecule has 1 aromatic heterocycles. The number of rotatable bonds is 8. The van der Waals surface area contributed by atoms with Gasteiger partial charge in [-0.1, -0.05) is 26.0 Å². The van der Waals surface area contributed by atoms with Gasteiger partial charge in [0.05, 0.1) is 12.1 Å². The van der Waals surface area contributed by atoms with Crippen molar-refractivity contribution in [3.05, 3.63) is 30.1 Å². The fourth-order valence-electron chi connectivity index (χ4n) is 4.07. The van der Waals surface area contributed by atoms with Crippen LogP contribution < -0.4 is 11.1 Å². The van der Waals surface area contributed by atoms with Gasteiger partial charge in [-0.2, -0.15) is 0 Å². The summed E-state index contributed by atoms with van der Waals surface area (Å²) >= 11 is 0. The summed E-state index contributed by atoms with van der Waals surface area (Å²) in [6, 6.07) is 7.27. The topological polar surface area (TPSA) is 104 Å². The van der Waals surface area contributed by atoms with Crippen LogP contribution in [0.25, 0.3) is 10.9 Å². The second kappa shape index (κ2) is 9.18. The fourth-order valence-corrected chi connectivity index (χ4v) is 4.07.